The lowest BCUT2D eigenvalue weighted by molar-refractivity contribution is -0.128. The maximum absolute atomic E-state index is 12.6. The number of carbonyl (C=O) groups is 2. The van der Waals surface area contributed by atoms with Crippen molar-refractivity contribution in [3.8, 4) is 5.75 Å². The lowest BCUT2D eigenvalue weighted by Gasteiger charge is -2.27. The Kier molecular flexibility index (Phi) is 6.91. The number of rotatable bonds is 6. The molecule has 3 rings (SSSR count). The van der Waals surface area contributed by atoms with Crippen LogP contribution >= 0.6 is 0 Å². The molecule has 0 spiro atoms. The van der Waals surface area contributed by atoms with Crippen LogP contribution in [0.1, 0.15) is 42.4 Å². The molecule has 2 N–H and O–H groups in total. The van der Waals surface area contributed by atoms with E-state index in [-0.39, 0.29) is 23.7 Å². The van der Waals surface area contributed by atoms with Crippen LogP contribution in [0.25, 0.3) is 0 Å². The van der Waals surface area contributed by atoms with Gasteiger partial charge in [-0.25, -0.2) is 0 Å². The number of hydrogen-bond donors (Lipinski definition) is 2. The molecular weight excluding hydrogens is 364 g/mol. The van der Waals surface area contributed by atoms with Crippen LogP contribution < -0.4 is 15.4 Å². The number of anilines is 1. The van der Waals surface area contributed by atoms with Gasteiger partial charge in [-0.1, -0.05) is 35.9 Å². The highest BCUT2D eigenvalue weighted by molar-refractivity contribution is 5.93. The topological polar surface area (TPSA) is 67.4 Å². The molecule has 0 heterocycles. The average Bonchev–Trinajstić information content (AvgIpc) is 2.74. The Morgan fingerprint density at radius 1 is 0.966 bits per heavy atom. The Hall–Kier alpha value is -2.82. The molecule has 2 aromatic rings. The molecule has 154 valence electrons. The predicted octanol–water partition coefficient (Wildman–Crippen LogP) is 4.37. The van der Waals surface area contributed by atoms with E-state index in [2.05, 4.69) is 16.7 Å². The number of methoxy groups -OCH3 is 1. The Labute approximate surface area is 172 Å². The minimum Gasteiger partial charge on any atom is -0.496 e. The van der Waals surface area contributed by atoms with E-state index < -0.39 is 0 Å². The van der Waals surface area contributed by atoms with Gasteiger partial charge >= 0.3 is 0 Å². The molecule has 0 bridgehead atoms. The Morgan fingerprint density at radius 2 is 1.62 bits per heavy atom. The molecule has 5 nitrogen and oxygen atoms in total. The molecule has 0 radical (unpaired) electrons. The summed E-state index contributed by atoms with van der Waals surface area (Å²) in [4.78, 5) is 25.2. The summed E-state index contributed by atoms with van der Waals surface area (Å²) >= 11 is 0. The Balaban J connectivity index is 1.48. The highest BCUT2D eigenvalue weighted by Crippen LogP contribution is 2.30. The van der Waals surface area contributed by atoms with Gasteiger partial charge in [-0.2, -0.15) is 0 Å². The highest BCUT2D eigenvalue weighted by atomic mass is 16.5. The van der Waals surface area contributed by atoms with Gasteiger partial charge in [-0.15, -0.1) is 0 Å². The van der Waals surface area contributed by atoms with Crippen molar-refractivity contribution in [1.82, 2.24) is 5.32 Å². The molecule has 2 aromatic carbocycles. The SMILES string of the molecule is COc1ccccc1CNC(=O)C1CCC(C(=O)Nc2ccc(C)cc2C)CC1. The maximum Gasteiger partial charge on any atom is 0.227 e. The van der Waals surface area contributed by atoms with Crippen LogP contribution in [0.5, 0.6) is 5.75 Å². The number of hydrogen-bond acceptors (Lipinski definition) is 3. The second kappa shape index (κ2) is 9.59. The Morgan fingerprint density at radius 3 is 2.28 bits per heavy atom. The number of ether oxygens (including phenoxy) is 1. The largest absolute Gasteiger partial charge is 0.496 e. The van der Waals surface area contributed by atoms with Crippen molar-refractivity contribution in [2.75, 3.05) is 12.4 Å². The third-order valence-corrected chi connectivity index (χ3v) is 5.75. The average molecular weight is 395 g/mol. The number of para-hydroxylation sites is 1. The minimum absolute atomic E-state index is 0.0325. The minimum atomic E-state index is -0.0334. The van der Waals surface area contributed by atoms with Crippen molar-refractivity contribution in [3.63, 3.8) is 0 Å². The third-order valence-electron chi connectivity index (χ3n) is 5.75. The molecule has 29 heavy (non-hydrogen) atoms. The van der Waals surface area contributed by atoms with Crippen LogP contribution in [0.2, 0.25) is 0 Å². The lowest BCUT2D eigenvalue weighted by atomic mass is 9.81. The Bertz CT molecular complexity index is 870. The second-order valence-corrected chi connectivity index (χ2v) is 7.89. The lowest BCUT2D eigenvalue weighted by Crippen LogP contribution is -2.35. The second-order valence-electron chi connectivity index (χ2n) is 7.89. The summed E-state index contributed by atoms with van der Waals surface area (Å²) in [7, 11) is 1.63. The monoisotopic (exact) mass is 394 g/mol. The standard InChI is InChI=1S/C24H30N2O3/c1-16-8-13-21(17(2)14-16)26-24(28)19-11-9-18(10-12-19)23(27)25-15-20-6-4-5-7-22(20)29-3/h4-8,13-14,18-19H,9-12,15H2,1-3H3,(H,25,27)(H,26,28). The molecule has 2 amide bonds. The van der Waals surface area contributed by atoms with E-state index in [4.69, 9.17) is 4.74 Å². The van der Waals surface area contributed by atoms with E-state index >= 15 is 0 Å². The van der Waals surface area contributed by atoms with Crippen molar-refractivity contribution in [2.24, 2.45) is 11.8 Å². The van der Waals surface area contributed by atoms with Crippen molar-refractivity contribution in [2.45, 2.75) is 46.1 Å². The molecule has 0 saturated heterocycles. The summed E-state index contributed by atoms with van der Waals surface area (Å²) in [6.07, 6.45) is 2.96. The molecule has 5 heteroatoms. The molecule has 1 aliphatic rings. The first-order chi connectivity index (χ1) is 14.0. The highest BCUT2D eigenvalue weighted by Gasteiger charge is 2.30. The zero-order valence-corrected chi connectivity index (χ0v) is 17.5. The summed E-state index contributed by atoms with van der Waals surface area (Å²) in [5, 5.41) is 6.08. The van der Waals surface area contributed by atoms with Gasteiger partial charge < -0.3 is 15.4 Å². The van der Waals surface area contributed by atoms with Gasteiger partial charge in [0.15, 0.2) is 0 Å². The van der Waals surface area contributed by atoms with E-state index in [0.29, 0.717) is 6.54 Å². The van der Waals surface area contributed by atoms with Crippen LogP contribution in [-0.2, 0) is 16.1 Å². The van der Waals surface area contributed by atoms with Crippen LogP contribution in [0, 0.1) is 25.7 Å². The van der Waals surface area contributed by atoms with Crippen LogP contribution in [0.3, 0.4) is 0 Å². The van der Waals surface area contributed by atoms with Gasteiger partial charge in [0.1, 0.15) is 5.75 Å². The van der Waals surface area contributed by atoms with Gasteiger partial charge in [0, 0.05) is 29.6 Å². The summed E-state index contributed by atoms with van der Waals surface area (Å²) in [5.41, 5.74) is 4.09. The van der Waals surface area contributed by atoms with E-state index in [9.17, 15) is 9.59 Å². The van der Waals surface area contributed by atoms with Gasteiger partial charge in [0.05, 0.1) is 7.11 Å². The number of nitrogens with one attached hydrogen (secondary N) is 2. The predicted molar refractivity (Wildman–Crippen MR) is 115 cm³/mol. The molecular formula is C24H30N2O3. The smallest absolute Gasteiger partial charge is 0.227 e. The zero-order chi connectivity index (χ0) is 20.8. The maximum atomic E-state index is 12.6. The van der Waals surface area contributed by atoms with Crippen molar-refractivity contribution in [3.05, 3.63) is 59.2 Å². The normalized spacial score (nSPS) is 18.7. The first-order valence-corrected chi connectivity index (χ1v) is 10.3. The summed E-state index contributed by atoms with van der Waals surface area (Å²) in [6.45, 7) is 4.50. The molecule has 1 fully saturated rings. The number of carbonyl (C=O) groups excluding carboxylic acids is 2. The molecule has 1 aliphatic carbocycles. The number of benzene rings is 2. The molecule has 0 aliphatic heterocycles. The first-order valence-electron chi connectivity index (χ1n) is 10.3. The van der Waals surface area contributed by atoms with Crippen molar-refractivity contribution < 1.29 is 14.3 Å². The first kappa shape index (κ1) is 20.9. The van der Waals surface area contributed by atoms with Crippen LogP contribution in [0.15, 0.2) is 42.5 Å². The van der Waals surface area contributed by atoms with Gasteiger partial charge in [0.2, 0.25) is 11.8 Å². The van der Waals surface area contributed by atoms with E-state index in [1.165, 1.54) is 5.56 Å². The number of aryl methyl sites for hydroxylation is 2. The fourth-order valence-corrected chi connectivity index (χ4v) is 3.98. The fraction of sp³-hybridized carbons (Fsp3) is 0.417. The quantitative estimate of drug-likeness (QED) is 0.764. The van der Waals surface area contributed by atoms with Gasteiger partial charge in [-0.05, 0) is 57.2 Å². The van der Waals surface area contributed by atoms with E-state index in [0.717, 1.165) is 48.2 Å². The van der Waals surface area contributed by atoms with Crippen LogP contribution in [-0.4, -0.2) is 18.9 Å². The molecule has 0 aromatic heterocycles. The zero-order valence-electron chi connectivity index (χ0n) is 17.5. The van der Waals surface area contributed by atoms with Gasteiger partial charge in [0.25, 0.3) is 0 Å². The van der Waals surface area contributed by atoms with Gasteiger partial charge in [-0.3, -0.25) is 9.59 Å². The van der Waals surface area contributed by atoms with E-state index in [1.54, 1.807) is 7.11 Å². The molecule has 0 atom stereocenters. The van der Waals surface area contributed by atoms with Crippen LogP contribution in [0.4, 0.5) is 5.69 Å². The molecule has 1 saturated carbocycles. The third kappa shape index (κ3) is 5.37. The summed E-state index contributed by atoms with van der Waals surface area (Å²) in [5.74, 6) is 0.831. The molecule has 0 unspecified atom stereocenters. The van der Waals surface area contributed by atoms with E-state index in [1.807, 2.05) is 50.2 Å². The summed E-state index contributed by atoms with van der Waals surface area (Å²) < 4.78 is 5.33. The van der Waals surface area contributed by atoms with Crippen molar-refractivity contribution in [1.29, 1.82) is 0 Å². The number of amides is 2. The fourth-order valence-electron chi connectivity index (χ4n) is 3.98. The van der Waals surface area contributed by atoms with Crippen molar-refractivity contribution >= 4 is 17.5 Å². The summed E-state index contributed by atoms with van der Waals surface area (Å²) in [6, 6.07) is 13.7.